The summed E-state index contributed by atoms with van der Waals surface area (Å²) < 4.78 is 0. The van der Waals surface area contributed by atoms with Crippen LogP contribution in [0.2, 0.25) is 5.02 Å². The van der Waals surface area contributed by atoms with Gasteiger partial charge in [-0.15, -0.1) is 0 Å². The predicted molar refractivity (Wildman–Crippen MR) is 100 cm³/mol. The van der Waals surface area contributed by atoms with Crippen molar-refractivity contribution < 1.29 is 9.90 Å². The van der Waals surface area contributed by atoms with E-state index in [1.54, 1.807) is 24.3 Å². The van der Waals surface area contributed by atoms with Crippen molar-refractivity contribution in [2.24, 2.45) is 5.92 Å². The standard InChI is InChI=1S/C18H20ClN3O3S/c19-14-7-6-12(26-15-8-9-20-18(25)21-15)10-13(14)17(24)22-16(23)11-4-2-1-3-5-11/h6-11,16,23H,1-5H2,(H,22,24)(H,20,21,25). The Morgan fingerprint density at radius 1 is 1.31 bits per heavy atom. The fourth-order valence-corrected chi connectivity index (χ4v) is 4.10. The molecule has 1 aliphatic rings. The SMILES string of the molecule is O=C(NC(O)C1CCCCC1)c1cc(Sc2ccnc(=O)[nH]2)ccc1Cl. The highest BCUT2D eigenvalue weighted by atomic mass is 35.5. The number of nitrogens with one attached hydrogen (secondary N) is 2. The van der Waals surface area contributed by atoms with Crippen LogP contribution < -0.4 is 11.0 Å². The Kier molecular flexibility index (Phi) is 6.34. The molecule has 1 aromatic carbocycles. The van der Waals surface area contributed by atoms with Gasteiger partial charge >= 0.3 is 5.69 Å². The second kappa shape index (κ2) is 8.70. The third kappa shape index (κ3) is 4.87. The molecule has 1 atom stereocenters. The normalized spacial score (nSPS) is 16.2. The molecule has 0 saturated heterocycles. The number of H-pyrrole nitrogens is 1. The summed E-state index contributed by atoms with van der Waals surface area (Å²) in [5.41, 5.74) is -0.138. The van der Waals surface area contributed by atoms with Crippen molar-refractivity contribution in [1.29, 1.82) is 0 Å². The van der Waals surface area contributed by atoms with Gasteiger partial charge in [0, 0.05) is 17.0 Å². The van der Waals surface area contributed by atoms with Crippen LogP contribution in [-0.2, 0) is 0 Å². The van der Waals surface area contributed by atoms with Crippen molar-refractivity contribution in [2.75, 3.05) is 0 Å². The van der Waals surface area contributed by atoms with Gasteiger partial charge in [0.25, 0.3) is 5.91 Å². The first-order valence-electron chi connectivity index (χ1n) is 8.54. The van der Waals surface area contributed by atoms with Crippen LogP contribution in [0.25, 0.3) is 0 Å². The summed E-state index contributed by atoms with van der Waals surface area (Å²) in [6.07, 6.45) is 5.72. The molecule has 1 unspecified atom stereocenters. The van der Waals surface area contributed by atoms with Gasteiger partial charge in [-0.3, -0.25) is 4.79 Å². The van der Waals surface area contributed by atoms with Gasteiger partial charge < -0.3 is 15.4 Å². The molecule has 6 nitrogen and oxygen atoms in total. The lowest BCUT2D eigenvalue weighted by Crippen LogP contribution is -2.41. The van der Waals surface area contributed by atoms with Gasteiger partial charge in [-0.2, -0.15) is 0 Å². The Labute approximate surface area is 160 Å². The number of amides is 1. The van der Waals surface area contributed by atoms with Crippen molar-refractivity contribution in [2.45, 2.75) is 48.3 Å². The highest BCUT2D eigenvalue weighted by Crippen LogP contribution is 2.29. The summed E-state index contributed by atoms with van der Waals surface area (Å²) in [7, 11) is 0. The van der Waals surface area contributed by atoms with Crippen LogP contribution in [0, 0.1) is 5.92 Å². The maximum Gasteiger partial charge on any atom is 0.345 e. The van der Waals surface area contributed by atoms with Crippen molar-refractivity contribution in [3.05, 3.63) is 51.5 Å². The highest BCUT2D eigenvalue weighted by molar-refractivity contribution is 7.99. The van der Waals surface area contributed by atoms with E-state index in [0.29, 0.717) is 15.6 Å². The van der Waals surface area contributed by atoms with Gasteiger partial charge in [0.05, 0.1) is 15.6 Å². The molecule has 0 radical (unpaired) electrons. The molecule has 0 bridgehead atoms. The van der Waals surface area contributed by atoms with Crippen molar-refractivity contribution >= 4 is 29.3 Å². The number of hydrogen-bond donors (Lipinski definition) is 3. The Morgan fingerprint density at radius 2 is 2.08 bits per heavy atom. The number of carbonyl (C=O) groups is 1. The number of aliphatic hydroxyl groups excluding tert-OH is 1. The molecule has 1 aromatic heterocycles. The van der Waals surface area contributed by atoms with Crippen LogP contribution in [0.3, 0.4) is 0 Å². The number of aliphatic hydroxyl groups is 1. The minimum Gasteiger partial charge on any atom is -0.373 e. The molecule has 3 N–H and O–H groups in total. The molecule has 0 spiro atoms. The number of aromatic nitrogens is 2. The first kappa shape index (κ1) is 18.9. The summed E-state index contributed by atoms with van der Waals surface area (Å²) in [5, 5.41) is 13.9. The van der Waals surface area contributed by atoms with Crippen molar-refractivity contribution in [3.63, 3.8) is 0 Å². The molecule has 1 amide bonds. The van der Waals surface area contributed by atoms with Gasteiger partial charge in [-0.05, 0) is 37.1 Å². The summed E-state index contributed by atoms with van der Waals surface area (Å²) in [4.78, 5) is 30.8. The molecule has 1 aliphatic carbocycles. The largest absolute Gasteiger partial charge is 0.373 e. The molecular formula is C18H20ClN3O3S. The number of benzene rings is 1. The number of rotatable bonds is 5. The van der Waals surface area contributed by atoms with E-state index in [9.17, 15) is 14.7 Å². The monoisotopic (exact) mass is 393 g/mol. The minimum atomic E-state index is -0.869. The maximum atomic E-state index is 12.5. The smallest absolute Gasteiger partial charge is 0.345 e. The van der Waals surface area contributed by atoms with Gasteiger partial charge in [0.2, 0.25) is 0 Å². The number of aromatic amines is 1. The number of nitrogens with zero attached hydrogens (tertiary/aromatic N) is 1. The van der Waals surface area contributed by atoms with Crippen molar-refractivity contribution in [1.82, 2.24) is 15.3 Å². The Hall–Kier alpha value is -1.83. The fraction of sp³-hybridized carbons (Fsp3) is 0.389. The van der Waals surface area contributed by atoms with E-state index < -0.39 is 17.8 Å². The van der Waals surface area contributed by atoms with Crippen LogP contribution >= 0.6 is 23.4 Å². The molecule has 1 heterocycles. The minimum absolute atomic E-state index is 0.0888. The summed E-state index contributed by atoms with van der Waals surface area (Å²) in [6.45, 7) is 0. The van der Waals surface area contributed by atoms with Gasteiger partial charge in [-0.25, -0.2) is 9.78 Å². The first-order chi connectivity index (χ1) is 12.5. The third-order valence-electron chi connectivity index (χ3n) is 4.43. The second-order valence-electron chi connectivity index (χ2n) is 6.30. The lowest BCUT2D eigenvalue weighted by atomic mass is 9.88. The molecule has 1 fully saturated rings. The van der Waals surface area contributed by atoms with E-state index in [2.05, 4.69) is 15.3 Å². The van der Waals surface area contributed by atoms with E-state index >= 15 is 0 Å². The Morgan fingerprint density at radius 3 is 2.81 bits per heavy atom. The van der Waals surface area contributed by atoms with Gasteiger partial charge in [0.15, 0.2) is 0 Å². The number of halogens is 1. The van der Waals surface area contributed by atoms with Crippen LogP contribution in [0.5, 0.6) is 0 Å². The molecule has 3 rings (SSSR count). The average molecular weight is 394 g/mol. The zero-order valence-corrected chi connectivity index (χ0v) is 15.6. The zero-order valence-electron chi connectivity index (χ0n) is 14.1. The summed E-state index contributed by atoms with van der Waals surface area (Å²) in [6, 6.07) is 6.72. The maximum absolute atomic E-state index is 12.5. The number of hydrogen-bond acceptors (Lipinski definition) is 5. The van der Waals surface area contributed by atoms with Crippen LogP contribution in [0.4, 0.5) is 0 Å². The van der Waals surface area contributed by atoms with Gasteiger partial charge in [-0.1, -0.05) is 42.6 Å². The van der Waals surface area contributed by atoms with Crippen LogP contribution in [0.1, 0.15) is 42.5 Å². The first-order valence-corrected chi connectivity index (χ1v) is 9.74. The third-order valence-corrected chi connectivity index (χ3v) is 5.71. The summed E-state index contributed by atoms with van der Waals surface area (Å²) in [5.74, 6) is -0.315. The Balaban J connectivity index is 1.72. The molecule has 1 saturated carbocycles. The second-order valence-corrected chi connectivity index (χ2v) is 7.82. The van der Waals surface area contributed by atoms with E-state index in [4.69, 9.17) is 11.6 Å². The molecule has 26 heavy (non-hydrogen) atoms. The highest BCUT2D eigenvalue weighted by Gasteiger charge is 2.24. The van der Waals surface area contributed by atoms with Crippen LogP contribution in [-0.4, -0.2) is 27.2 Å². The van der Waals surface area contributed by atoms with E-state index in [0.717, 1.165) is 30.6 Å². The Bertz CT molecular complexity index is 836. The number of carbonyl (C=O) groups excluding carboxylic acids is 1. The molecular weight excluding hydrogens is 374 g/mol. The van der Waals surface area contributed by atoms with Gasteiger partial charge in [0.1, 0.15) is 6.23 Å². The van der Waals surface area contributed by atoms with Crippen molar-refractivity contribution in [3.8, 4) is 0 Å². The van der Waals surface area contributed by atoms with E-state index in [1.807, 2.05) is 0 Å². The summed E-state index contributed by atoms with van der Waals surface area (Å²) >= 11 is 7.46. The zero-order chi connectivity index (χ0) is 18.5. The molecule has 2 aromatic rings. The lowest BCUT2D eigenvalue weighted by Gasteiger charge is -2.27. The average Bonchev–Trinajstić information content (AvgIpc) is 2.64. The topological polar surface area (TPSA) is 95.1 Å². The fourth-order valence-electron chi connectivity index (χ4n) is 3.06. The van der Waals surface area contributed by atoms with E-state index in [-0.39, 0.29) is 5.92 Å². The van der Waals surface area contributed by atoms with E-state index in [1.165, 1.54) is 24.4 Å². The molecule has 8 heteroatoms. The van der Waals surface area contributed by atoms with Crippen LogP contribution in [0.15, 0.2) is 45.2 Å². The molecule has 0 aliphatic heterocycles. The lowest BCUT2D eigenvalue weighted by molar-refractivity contribution is 0.0463. The predicted octanol–water partition coefficient (Wildman–Crippen LogP) is 3.20. The quantitative estimate of drug-likeness (QED) is 0.535. The molecule has 138 valence electrons.